The molecule has 3 aliphatic rings. The number of ether oxygens (including phenoxy) is 1. The van der Waals surface area contributed by atoms with Crippen LogP contribution in [0.4, 0.5) is 0 Å². The predicted octanol–water partition coefficient (Wildman–Crippen LogP) is 2.28. The fraction of sp³-hybridized carbons (Fsp3) is 0.938. The predicted molar refractivity (Wildman–Crippen MR) is 76.5 cm³/mol. The van der Waals surface area contributed by atoms with Crippen LogP contribution in [0.3, 0.4) is 0 Å². The highest BCUT2D eigenvalue weighted by Crippen LogP contribution is 2.49. The van der Waals surface area contributed by atoms with E-state index in [1.807, 2.05) is 0 Å². The molecule has 0 aromatic carbocycles. The van der Waals surface area contributed by atoms with E-state index in [4.69, 9.17) is 4.74 Å². The van der Waals surface area contributed by atoms with Crippen molar-refractivity contribution in [3.63, 3.8) is 0 Å². The number of aliphatic carboxylic acids is 1. The molecule has 1 saturated heterocycles. The zero-order valence-corrected chi connectivity index (χ0v) is 12.5. The summed E-state index contributed by atoms with van der Waals surface area (Å²) in [5.41, 5.74) is 0. The normalized spacial score (nSPS) is 44.1. The molecule has 0 radical (unpaired) electrons. The minimum Gasteiger partial charge on any atom is -0.481 e. The molecule has 6 unspecified atom stereocenters. The molecule has 0 spiro atoms. The molecule has 20 heavy (non-hydrogen) atoms. The molecule has 0 aromatic rings. The van der Waals surface area contributed by atoms with Crippen molar-refractivity contribution in [2.75, 3.05) is 6.61 Å². The average Bonchev–Trinajstić information content (AvgIpc) is 2.99. The van der Waals surface area contributed by atoms with E-state index in [2.05, 4.69) is 19.2 Å². The van der Waals surface area contributed by atoms with Crippen LogP contribution in [0, 0.1) is 23.7 Å². The van der Waals surface area contributed by atoms with E-state index in [0.717, 1.165) is 32.3 Å². The smallest absolute Gasteiger partial charge is 0.308 e. The summed E-state index contributed by atoms with van der Waals surface area (Å²) in [6.07, 6.45) is 5.81. The SMILES string of the molecule is CC(C)C1CC(NC2C3CCC(C3)C2C(=O)O)CCO1. The van der Waals surface area contributed by atoms with Gasteiger partial charge in [0.15, 0.2) is 0 Å². The summed E-state index contributed by atoms with van der Waals surface area (Å²) in [7, 11) is 0. The Kier molecular flexibility index (Phi) is 4.04. The Labute approximate surface area is 121 Å². The van der Waals surface area contributed by atoms with Crippen LogP contribution >= 0.6 is 0 Å². The molecule has 4 heteroatoms. The van der Waals surface area contributed by atoms with Crippen LogP contribution in [0.5, 0.6) is 0 Å². The van der Waals surface area contributed by atoms with Gasteiger partial charge in [-0.3, -0.25) is 4.79 Å². The van der Waals surface area contributed by atoms with Gasteiger partial charge in [-0.05, 0) is 49.9 Å². The second-order valence-electron chi connectivity index (χ2n) is 7.26. The highest BCUT2D eigenvalue weighted by Gasteiger charge is 2.51. The summed E-state index contributed by atoms with van der Waals surface area (Å²) in [4.78, 5) is 11.6. The molecule has 6 atom stereocenters. The Hall–Kier alpha value is -0.610. The molecule has 3 fully saturated rings. The molecule has 2 aliphatic carbocycles. The highest BCUT2D eigenvalue weighted by molar-refractivity contribution is 5.72. The van der Waals surface area contributed by atoms with Crippen molar-refractivity contribution in [1.82, 2.24) is 5.32 Å². The van der Waals surface area contributed by atoms with Crippen molar-refractivity contribution >= 4 is 5.97 Å². The van der Waals surface area contributed by atoms with Gasteiger partial charge in [-0.2, -0.15) is 0 Å². The molecule has 2 bridgehead atoms. The first-order valence-corrected chi connectivity index (χ1v) is 8.16. The summed E-state index contributed by atoms with van der Waals surface area (Å²) in [5.74, 6) is 0.781. The van der Waals surface area contributed by atoms with Crippen molar-refractivity contribution in [1.29, 1.82) is 0 Å². The number of carboxylic acids is 1. The number of hydrogen-bond acceptors (Lipinski definition) is 3. The summed E-state index contributed by atoms with van der Waals surface area (Å²) in [6, 6.07) is 0.629. The maximum absolute atomic E-state index is 11.6. The Morgan fingerprint density at radius 3 is 2.65 bits per heavy atom. The van der Waals surface area contributed by atoms with E-state index < -0.39 is 5.97 Å². The van der Waals surface area contributed by atoms with Gasteiger partial charge in [-0.25, -0.2) is 0 Å². The standard InChI is InChI=1S/C16H27NO3/c1-9(2)13-8-12(5-6-20-13)17-15-11-4-3-10(7-11)14(15)16(18)19/h9-15,17H,3-8H2,1-2H3,(H,18,19). The zero-order valence-electron chi connectivity index (χ0n) is 12.5. The molecule has 3 rings (SSSR count). The van der Waals surface area contributed by atoms with Crippen LogP contribution in [0.15, 0.2) is 0 Å². The molecule has 4 nitrogen and oxygen atoms in total. The second kappa shape index (κ2) is 5.64. The topological polar surface area (TPSA) is 58.6 Å². The third kappa shape index (κ3) is 2.60. The molecule has 1 heterocycles. The minimum atomic E-state index is -0.595. The lowest BCUT2D eigenvalue weighted by molar-refractivity contribution is -0.144. The van der Waals surface area contributed by atoms with Gasteiger partial charge < -0.3 is 15.2 Å². The first-order valence-electron chi connectivity index (χ1n) is 8.16. The lowest BCUT2D eigenvalue weighted by Gasteiger charge is -2.37. The van der Waals surface area contributed by atoms with Gasteiger partial charge in [0.05, 0.1) is 12.0 Å². The number of nitrogens with one attached hydrogen (secondary N) is 1. The van der Waals surface area contributed by atoms with Gasteiger partial charge >= 0.3 is 5.97 Å². The number of hydrogen-bond donors (Lipinski definition) is 2. The molecular weight excluding hydrogens is 254 g/mol. The molecule has 2 saturated carbocycles. The quantitative estimate of drug-likeness (QED) is 0.830. The van der Waals surface area contributed by atoms with E-state index in [1.54, 1.807) is 0 Å². The Morgan fingerprint density at radius 2 is 1.95 bits per heavy atom. The summed E-state index contributed by atoms with van der Waals surface area (Å²) in [6.45, 7) is 5.20. The molecule has 0 aromatic heterocycles. The van der Waals surface area contributed by atoms with Gasteiger partial charge in [0.1, 0.15) is 0 Å². The minimum absolute atomic E-state index is 0.158. The van der Waals surface area contributed by atoms with E-state index in [-0.39, 0.29) is 12.0 Å². The van der Waals surface area contributed by atoms with Crippen LogP contribution < -0.4 is 5.32 Å². The second-order valence-corrected chi connectivity index (χ2v) is 7.26. The third-order valence-electron chi connectivity index (χ3n) is 5.69. The number of carbonyl (C=O) groups is 1. The fourth-order valence-electron chi connectivity index (χ4n) is 4.60. The number of rotatable bonds is 4. The Bertz CT molecular complexity index is 371. The number of carboxylic acid groups (broad SMARTS) is 1. The van der Waals surface area contributed by atoms with Crippen LogP contribution in [0.25, 0.3) is 0 Å². The highest BCUT2D eigenvalue weighted by atomic mass is 16.5. The maximum Gasteiger partial charge on any atom is 0.308 e. The molecule has 114 valence electrons. The lowest BCUT2D eigenvalue weighted by Crippen LogP contribution is -2.51. The van der Waals surface area contributed by atoms with Gasteiger partial charge in [-0.1, -0.05) is 13.8 Å². The largest absolute Gasteiger partial charge is 0.481 e. The Morgan fingerprint density at radius 1 is 1.20 bits per heavy atom. The van der Waals surface area contributed by atoms with Crippen molar-refractivity contribution in [2.24, 2.45) is 23.7 Å². The Balaban J connectivity index is 1.63. The van der Waals surface area contributed by atoms with Crippen molar-refractivity contribution in [2.45, 2.75) is 64.1 Å². The monoisotopic (exact) mass is 281 g/mol. The maximum atomic E-state index is 11.6. The van der Waals surface area contributed by atoms with E-state index in [9.17, 15) is 9.90 Å². The number of fused-ring (bicyclic) bond motifs is 2. The summed E-state index contributed by atoms with van der Waals surface area (Å²) >= 11 is 0. The van der Waals surface area contributed by atoms with E-state index >= 15 is 0 Å². The van der Waals surface area contributed by atoms with Crippen LogP contribution in [0.2, 0.25) is 0 Å². The fourth-order valence-corrected chi connectivity index (χ4v) is 4.60. The van der Waals surface area contributed by atoms with Crippen LogP contribution in [0.1, 0.15) is 46.0 Å². The van der Waals surface area contributed by atoms with Crippen LogP contribution in [-0.2, 0) is 9.53 Å². The van der Waals surface area contributed by atoms with Gasteiger partial charge in [0, 0.05) is 18.7 Å². The van der Waals surface area contributed by atoms with Gasteiger partial charge in [-0.15, -0.1) is 0 Å². The van der Waals surface area contributed by atoms with Gasteiger partial charge in [0.2, 0.25) is 0 Å². The van der Waals surface area contributed by atoms with Gasteiger partial charge in [0.25, 0.3) is 0 Å². The summed E-state index contributed by atoms with van der Waals surface area (Å²) in [5, 5.41) is 13.2. The molecular formula is C16H27NO3. The first kappa shape index (κ1) is 14.3. The van der Waals surface area contributed by atoms with Crippen LogP contribution in [-0.4, -0.2) is 35.9 Å². The average molecular weight is 281 g/mol. The molecule has 1 aliphatic heterocycles. The molecule has 0 amide bonds. The van der Waals surface area contributed by atoms with Crippen molar-refractivity contribution in [3.05, 3.63) is 0 Å². The first-order chi connectivity index (χ1) is 9.56. The molecule has 2 N–H and O–H groups in total. The van der Waals surface area contributed by atoms with Crippen molar-refractivity contribution in [3.8, 4) is 0 Å². The lowest BCUT2D eigenvalue weighted by atomic mass is 9.83. The zero-order chi connectivity index (χ0) is 14.3. The van der Waals surface area contributed by atoms with Crippen molar-refractivity contribution < 1.29 is 14.6 Å². The third-order valence-corrected chi connectivity index (χ3v) is 5.69. The summed E-state index contributed by atoms with van der Waals surface area (Å²) < 4.78 is 5.81. The van der Waals surface area contributed by atoms with E-state index in [0.29, 0.717) is 29.9 Å². The van der Waals surface area contributed by atoms with E-state index in [1.165, 1.54) is 6.42 Å².